The molecule has 0 fully saturated rings. The average molecular weight is 429 g/mol. The van der Waals surface area contributed by atoms with Crippen molar-refractivity contribution in [1.29, 1.82) is 0 Å². The van der Waals surface area contributed by atoms with E-state index >= 15 is 0 Å². The number of hydrogen-bond donors (Lipinski definition) is 0. The van der Waals surface area contributed by atoms with Crippen molar-refractivity contribution >= 4 is 21.4 Å². The first-order valence-electron chi connectivity index (χ1n) is 9.82. The van der Waals surface area contributed by atoms with Crippen LogP contribution in [0.15, 0.2) is 53.4 Å². The molecule has 0 bridgehead atoms. The molecule has 0 radical (unpaired) electrons. The van der Waals surface area contributed by atoms with Crippen molar-refractivity contribution in [3.05, 3.63) is 64.7 Å². The fourth-order valence-electron chi connectivity index (χ4n) is 3.41. The maximum atomic E-state index is 13.1. The van der Waals surface area contributed by atoms with Crippen molar-refractivity contribution in [3.63, 3.8) is 0 Å². The standard InChI is InChI=1S/C22H24N2O3S2/c1-3-16-5-11-19(12-6-16)29(25,26)24-14-13-20-21(15-24)28-22(23-20)17-7-9-18(10-8-17)27-4-2/h5-12H,3-4,13-15H2,1-2H3. The van der Waals surface area contributed by atoms with Gasteiger partial charge in [0.2, 0.25) is 10.0 Å². The summed E-state index contributed by atoms with van der Waals surface area (Å²) >= 11 is 1.57. The van der Waals surface area contributed by atoms with Crippen molar-refractivity contribution in [2.45, 2.75) is 38.1 Å². The number of thiazole rings is 1. The summed E-state index contributed by atoms with van der Waals surface area (Å²) in [6, 6.07) is 15.1. The van der Waals surface area contributed by atoms with E-state index < -0.39 is 10.0 Å². The van der Waals surface area contributed by atoms with Crippen LogP contribution in [-0.2, 0) is 29.4 Å². The molecule has 2 aromatic carbocycles. The third-order valence-corrected chi connectivity index (χ3v) is 8.07. The van der Waals surface area contributed by atoms with Crippen LogP contribution in [0.3, 0.4) is 0 Å². The SMILES string of the molecule is CCOc1ccc(-c2nc3c(s2)CN(S(=O)(=O)c2ccc(CC)cc2)CC3)cc1. The highest BCUT2D eigenvalue weighted by atomic mass is 32.2. The Morgan fingerprint density at radius 2 is 1.79 bits per heavy atom. The molecule has 3 aromatic rings. The third kappa shape index (κ3) is 4.08. The van der Waals surface area contributed by atoms with Crippen LogP contribution in [-0.4, -0.2) is 30.9 Å². The molecule has 0 N–H and O–H groups in total. The molecule has 152 valence electrons. The Kier molecular flexibility index (Phi) is 5.72. The van der Waals surface area contributed by atoms with Crippen LogP contribution in [0.1, 0.15) is 30.0 Å². The van der Waals surface area contributed by atoms with Gasteiger partial charge in [0.25, 0.3) is 0 Å². The van der Waals surface area contributed by atoms with Gasteiger partial charge in [0, 0.05) is 23.4 Å². The number of benzene rings is 2. The van der Waals surface area contributed by atoms with Gasteiger partial charge in [-0.1, -0.05) is 19.1 Å². The molecule has 0 saturated carbocycles. The van der Waals surface area contributed by atoms with E-state index in [-0.39, 0.29) is 0 Å². The Hall–Kier alpha value is -2.22. The molecule has 2 heterocycles. The first-order valence-corrected chi connectivity index (χ1v) is 12.1. The molecule has 5 nitrogen and oxygen atoms in total. The molecule has 1 aliphatic heterocycles. The summed E-state index contributed by atoms with van der Waals surface area (Å²) in [4.78, 5) is 6.14. The van der Waals surface area contributed by atoms with Crippen molar-refractivity contribution in [2.24, 2.45) is 0 Å². The quantitative estimate of drug-likeness (QED) is 0.579. The van der Waals surface area contributed by atoms with Gasteiger partial charge in [-0.3, -0.25) is 0 Å². The third-order valence-electron chi connectivity index (χ3n) is 5.08. The van der Waals surface area contributed by atoms with E-state index in [1.807, 2.05) is 43.3 Å². The highest BCUT2D eigenvalue weighted by Gasteiger charge is 2.30. The van der Waals surface area contributed by atoms with Crippen LogP contribution in [0, 0.1) is 0 Å². The summed E-state index contributed by atoms with van der Waals surface area (Å²) in [5, 5.41) is 0.921. The number of sulfonamides is 1. The zero-order valence-corrected chi connectivity index (χ0v) is 18.2. The largest absolute Gasteiger partial charge is 0.494 e. The molecule has 0 aliphatic carbocycles. The lowest BCUT2D eigenvalue weighted by atomic mass is 10.2. The van der Waals surface area contributed by atoms with E-state index in [9.17, 15) is 8.42 Å². The van der Waals surface area contributed by atoms with Gasteiger partial charge in [0.05, 0.1) is 23.7 Å². The van der Waals surface area contributed by atoms with Gasteiger partial charge in [-0.2, -0.15) is 4.31 Å². The van der Waals surface area contributed by atoms with Crippen molar-refractivity contribution < 1.29 is 13.2 Å². The Morgan fingerprint density at radius 3 is 2.45 bits per heavy atom. The Morgan fingerprint density at radius 1 is 1.07 bits per heavy atom. The summed E-state index contributed by atoms with van der Waals surface area (Å²) in [6.07, 6.45) is 1.53. The molecule has 0 spiro atoms. The monoisotopic (exact) mass is 428 g/mol. The van der Waals surface area contributed by atoms with Gasteiger partial charge in [-0.15, -0.1) is 11.3 Å². The second kappa shape index (κ2) is 8.26. The Balaban J connectivity index is 1.55. The second-order valence-corrected chi connectivity index (χ2v) is 9.95. The topological polar surface area (TPSA) is 59.5 Å². The van der Waals surface area contributed by atoms with Crippen LogP contribution in [0.4, 0.5) is 0 Å². The number of rotatable bonds is 6. The zero-order valence-electron chi connectivity index (χ0n) is 16.6. The normalized spacial score (nSPS) is 14.6. The molecule has 0 unspecified atom stereocenters. The Bertz CT molecular complexity index is 1090. The van der Waals surface area contributed by atoms with Gasteiger partial charge >= 0.3 is 0 Å². The van der Waals surface area contributed by atoms with Crippen LogP contribution in [0.5, 0.6) is 5.75 Å². The van der Waals surface area contributed by atoms with Crippen LogP contribution in [0.25, 0.3) is 10.6 Å². The van der Waals surface area contributed by atoms with Gasteiger partial charge in [-0.25, -0.2) is 13.4 Å². The van der Waals surface area contributed by atoms with Gasteiger partial charge in [0.1, 0.15) is 10.8 Å². The van der Waals surface area contributed by atoms with Gasteiger partial charge < -0.3 is 4.74 Å². The molecular formula is C22H24N2O3S2. The molecule has 29 heavy (non-hydrogen) atoms. The van der Waals surface area contributed by atoms with E-state index in [0.717, 1.165) is 38.9 Å². The highest BCUT2D eigenvalue weighted by Crippen LogP contribution is 2.34. The number of ether oxygens (including phenoxy) is 1. The number of fused-ring (bicyclic) bond motifs is 1. The minimum Gasteiger partial charge on any atom is -0.494 e. The molecule has 1 aromatic heterocycles. The van der Waals surface area contributed by atoms with E-state index in [2.05, 4.69) is 6.92 Å². The number of hydrogen-bond acceptors (Lipinski definition) is 5. The first kappa shape index (κ1) is 20.1. The molecule has 0 atom stereocenters. The molecule has 7 heteroatoms. The molecule has 1 aliphatic rings. The summed E-state index contributed by atoms with van der Waals surface area (Å²) in [6.45, 7) is 5.48. The molecule has 0 amide bonds. The smallest absolute Gasteiger partial charge is 0.243 e. The lowest BCUT2D eigenvalue weighted by Gasteiger charge is -2.25. The van der Waals surface area contributed by atoms with E-state index in [0.29, 0.717) is 31.0 Å². The van der Waals surface area contributed by atoms with Gasteiger partial charge in [0.15, 0.2) is 0 Å². The van der Waals surface area contributed by atoms with Crippen molar-refractivity contribution in [1.82, 2.24) is 9.29 Å². The minimum absolute atomic E-state index is 0.356. The lowest BCUT2D eigenvalue weighted by molar-refractivity contribution is 0.340. The average Bonchev–Trinajstić information content (AvgIpc) is 3.18. The first-order chi connectivity index (χ1) is 14.0. The van der Waals surface area contributed by atoms with Crippen molar-refractivity contribution in [2.75, 3.05) is 13.2 Å². The summed E-state index contributed by atoms with van der Waals surface area (Å²) in [5.74, 6) is 0.837. The van der Waals surface area contributed by atoms with Gasteiger partial charge in [-0.05, 0) is 55.3 Å². The number of nitrogens with zero attached hydrogens (tertiary/aromatic N) is 2. The molecule has 4 rings (SSSR count). The number of aryl methyl sites for hydroxylation is 1. The minimum atomic E-state index is -3.50. The summed E-state index contributed by atoms with van der Waals surface area (Å²) < 4.78 is 33.2. The van der Waals surface area contributed by atoms with Crippen LogP contribution >= 0.6 is 11.3 Å². The van der Waals surface area contributed by atoms with E-state index in [1.54, 1.807) is 27.8 Å². The van der Waals surface area contributed by atoms with E-state index in [1.165, 1.54) is 0 Å². The Labute approximate surface area is 176 Å². The maximum absolute atomic E-state index is 13.1. The molecule has 0 saturated heterocycles. The fourth-order valence-corrected chi connectivity index (χ4v) is 6.03. The zero-order chi connectivity index (χ0) is 20.4. The summed E-state index contributed by atoms with van der Waals surface area (Å²) in [7, 11) is -3.50. The van der Waals surface area contributed by atoms with Crippen LogP contribution in [0.2, 0.25) is 0 Å². The highest BCUT2D eigenvalue weighted by molar-refractivity contribution is 7.89. The number of aromatic nitrogens is 1. The summed E-state index contributed by atoms with van der Waals surface area (Å²) in [5.41, 5.74) is 3.16. The molecular weight excluding hydrogens is 404 g/mol. The maximum Gasteiger partial charge on any atom is 0.243 e. The van der Waals surface area contributed by atoms with E-state index in [4.69, 9.17) is 9.72 Å². The van der Waals surface area contributed by atoms with Crippen LogP contribution < -0.4 is 4.74 Å². The predicted molar refractivity (Wildman–Crippen MR) is 116 cm³/mol. The lowest BCUT2D eigenvalue weighted by Crippen LogP contribution is -2.35. The predicted octanol–water partition coefficient (Wildman–Crippen LogP) is 4.52. The van der Waals surface area contributed by atoms with Crippen molar-refractivity contribution in [3.8, 4) is 16.3 Å². The fraction of sp³-hybridized carbons (Fsp3) is 0.318. The second-order valence-electron chi connectivity index (χ2n) is 6.93.